The van der Waals surface area contributed by atoms with Crippen molar-refractivity contribution in [1.82, 2.24) is 9.62 Å². The highest BCUT2D eigenvalue weighted by molar-refractivity contribution is 7.88. The molecule has 1 amide bonds. The number of nitrogens with one attached hydrogen (secondary N) is 1. The van der Waals surface area contributed by atoms with Gasteiger partial charge in [-0.05, 0) is 31.2 Å². The zero-order valence-corrected chi connectivity index (χ0v) is 13.4. The number of amides is 1. The van der Waals surface area contributed by atoms with Crippen molar-refractivity contribution in [3.8, 4) is 0 Å². The second-order valence-electron chi connectivity index (χ2n) is 6.20. The fraction of sp³-hybridized carbons (Fsp3) is 0.562. The maximum atomic E-state index is 12.4. The van der Waals surface area contributed by atoms with E-state index in [1.165, 1.54) is 0 Å². The van der Waals surface area contributed by atoms with Crippen LogP contribution in [0.1, 0.15) is 31.2 Å². The van der Waals surface area contributed by atoms with Crippen LogP contribution in [0.4, 0.5) is 0 Å². The zero-order chi connectivity index (χ0) is 15.6. The van der Waals surface area contributed by atoms with E-state index in [-0.39, 0.29) is 23.6 Å². The van der Waals surface area contributed by atoms with E-state index in [4.69, 9.17) is 0 Å². The lowest BCUT2D eigenvalue weighted by atomic mass is 10.1. The van der Waals surface area contributed by atoms with E-state index in [0.717, 1.165) is 18.4 Å². The van der Waals surface area contributed by atoms with Crippen LogP contribution in [0.2, 0.25) is 0 Å². The molecule has 0 spiro atoms. The second kappa shape index (κ2) is 6.38. The highest BCUT2D eigenvalue weighted by Gasteiger charge is 2.33. The van der Waals surface area contributed by atoms with Crippen molar-refractivity contribution in [3.05, 3.63) is 35.9 Å². The van der Waals surface area contributed by atoms with Gasteiger partial charge in [0.2, 0.25) is 15.9 Å². The summed E-state index contributed by atoms with van der Waals surface area (Å²) in [5.41, 5.74) is 0.812. The van der Waals surface area contributed by atoms with Crippen LogP contribution in [-0.4, -0.2) is 37.8 Å². The van der Waals surface area contributed by atoms with E-state index in [2.05, 4.69) is 5.32 Å². The van der Waals surface area contributed by atoms with Gasteiger partial charge in [-0.2, -0.15) is 0 Å². The first-order valence-electron chi connectivity index (χ1n) is 7.87. The Bertz CT molecular complexity index is 618. The van der Waals surface area contributed by atoms with Crippen LogP contribution in [0.25, 0.3) is 0 Å². The van der Waals surface area contributed by atoms with Crippen molar-refractivity contribution in [1.29, 1.82) is 0 Å². The third-order valence-corrected chi connectivity index (χ3v) is 6.18. The fourth-order valence-electron chi connectivity index (χ4n) is 2.82. The number of rotatable bonds is 5. The average molecular weight is 322 g/mol. The molecule has 5 nitrogen and oxygen atoms in total. The van der Waals surface area contributed by atoms with E-state index in [1.807, 2.05) is 30.3 Å². The zero-order valence-electron chi connectivity index (χ0n) is 12.6. The maximum absolute atomic E-state index is 12.4. The Morgan fingerprint density at radius 3 is 2.32 bits per heavy atom. The molecule has 2 aliphatic rings. The third-order valence-electron chi connectivity index (χ3n) is 4.33. The summed E-state index contributed by atoms with van der Waals surface area (Å²) in [6.07, 6.45) is 3.39. The van der Waals surface area contributed by atoms with Gasteiger partial charge in [0.1, 0.15) is 0 Å². The van der Waals surface area contributed by atoms with Crippen molar-refractivity contribution in [2.24, 2.45) is 5.92 Å². The molecule has 1 heterocycles. The largest absolute Gasteiger partial charge is 0.353 e. The molecular weight excluding hydrogens is 300 g/mol. The van der Waals surface area contributed by atoms with Crippen LogP contribution in [0.5, 0.6) is 0 Å². The van der Waals surface area contributed by atoms with Crippen LogP contribution < -0.4 is 5.32 Å². The van der Waals surface area contributed by atoms with Crippen LogP contribution in [0, 0.1) is 5.92 Å². The summed E-state index contributed by atoms with van der Waals surface area (Å²) in [6.45, 7) is 0.982. The van der Waals surface area contributed by atoms with Gasteiger partial charge in [0.05, 0.1) is 5.75 Å². The number of hydrogen-bond acceptors (Lipinski definition) is 3. The van der Waals surface area contributed by atoms with E-state index < -0.39 is 10.0 Å². The predicted octanol–water partition coefficient (Wildman–Crippen LogP) is 1.51. The topological polar surface area (TPSA) is 66.5 Å². The smallest absolute Gasteiger partial charge is 0.223 e. The second-order valence-corrected chi connectivity index (χ2v) is 8.17. The predicted molar refractivity (Wildman–Crippen MR) is 84.5 cm³/mol. The molecule has 1 saturated carbocycles. The summed E-state index contributed by atoms with van der Waals surface area (Å²) in [5, 5.41) is 3.04. The molecule has 22 heavy (non-hydrogen) atoms. The monoisotopic (exact) mass is 322 g/mol. The number of carbonyl (C=O) groups excluding carboxylic acids is 1. The van der Waals surface area contributed by atoms with E-state index in [0.29, 0.717) is 25.9 Å². The van der Waals surface area contributed by atoms with Gasteiger partial charge in [-0.15, -0.1) is 0 Å². The lowest BCUT2D eigenvalue weighted by molar-refractivity contribution is -0.123. The van der Waals surface area contributed by atoms with Crippen LogP contribution in [0.15, 0.2) is 30.3 Å². The SMILES string of the molecule is O=C(NC1CCN(S(=O)(=O)Cc2ccccc2)CC1)C1CC1. The van der Waals surface area contributed by atoms with Crippen LogP contribution in [0.3, 0.4) is 0 Å². The summed E-state index contributed by atoms with van der Waals surface area (Å²) in [6, 6.07) is 9.37. The quantitative estimate of drug-likeness (QED) is 0.893. The van der Waals surface area contributed by atoms with Crippen molar-refractivity contribution in [2.75, 3.05) is 13.1 Å². The molecule has 1 N–H and O–H groups in total. The Balaban J connectivity index is 1.52. The number of carbonyl (C=O) groups is 1. The molecule has 3 rings (SSSR count). The summed E-state index contributed by atoms with van der Waals surface area (Å²) in [5.74, 6) is 0.401. The number of hydrogen-bond donors (Lipinski definition) is 1. The van der Waals surface area contributed by atoms with Crippen molar-refractivity contribution in [3.63, 3.8) is 0 Å². The molecule has 1 saturated heterocycles. The molecule has 0 aromatic heterocycles. The van der Waals surface area contributed by atoms with E-state index in [1.54, 1.807) is 4.31 Å². The molecule has 1 aromatic rings. The van der Waals surface area contributed by atoms with Crippen molar-refractivity contribution >= 4 is 15.9 Å². The van der Waals surface area contributed by atoms with Gasteiger partial charge in [-0.25, -0.2) is 12.7 Å². The van der Waals surface area contributed by atoms with Crippen molar-refractivity contribution < 1.29 is 13.2 Å². The normalized spacial score (nSPS) is 20.7. The number of sulfonamides is 1. The van der Waals surface area contributed by atoms with Crippen LogP contribution >= 0.6 is 0 Å². The molecule has 1 aromatic carbocycles. The standard InChI is InChI=1S/C16H22N2O3S/c19-16(14-6-7-14)17-15-8-10-18(11-9-15)22(20,21)12-13-4-2-1-3-5-13/h1-5,14-15H,6-12H2,(H,17,19). The first-order chi connectivity index (χ1) is 10.5. The Kier molecular flexibility index (Phi) is 4.49. The Labute approximate surface area is 131 Å². The molecule has 120 valence electrons. The molecule has 0 atom stereocenters. The average Bonchev–Trinajstić information content (AvgIpc) is 3.33. The Morgan fingerprint density at radius 2 is 1.73 bits per heavy atom. The maximum Gasteiger partial charge on any atom is 0.223 e. The van der Waals surface area contributed by atoms with Crippen molar-refractivity contribution in [2.45, 2.75) is 37.5 Å². The molecule has 1 aliphatic heterocycles. The lowest BCUT2D eigenvalue weighted by Gasteiger charge is -2.31. The first-order valence-corrected chi connectivity index (χ1v) is 9.47. The van der Waals surface area contributed by atoms with E-state index in [9.17, 15) is 13.2 Å². The number of benzene rings is 1. The first kappa shape index (κ1) is 15.5. The minimum absolute atomic E-state index is 0.0486. The summed E-state index contributed by atoms with van der Waals surface area (Å²) in [7, 11) is -3.27. The summed E-state index contributed by atoms with van der Waals surface area (Å²) in [4.78, 5) is 11.8. The van der Waals surface area contributed by atoms with Gasteiger partial charge in [0, 0.05) is 25.0 Å². The molecule has 0 bridgehead atoms. The van der Waals surface area contributed by atoms with E-state index >= 15 is 0 Å². The molecule has 0 radical (unpaired) electrons. The van der Waals surface area contributed by atoms with Gasteiger partial charge in [0.25, 0.3) is 0 Å². The Hall–Kier alpha value is -1.40. The van der Waals surface area contributed by atoms with Gasteiger partial charge < -0.3 is 5.32 Å². The highest BCUT2D eigenvalue weighted by Crippen LogP contribution is 2.29. The summed E-state index contributed by atoms with van der Waals surface area (Å²) < 4.78 is 26.4. The molecule has 2 fully saturated rings. The Morgan fingerprint density at radius 1 is 1.09 bits per heavy atom. The number of piperidine rings is 1. The van der Waals surface area contributed by atoms with Gasteiger partial charge >= 0.3 is 0 Å². The van der Waals surface area contributed by atoms with Gasteiger partial charge in [-0.1, -0.05) is 30.3 Å². The van der Waals surface area contributed by atoms with Crippen LogP contribution in [-0.2, 0) is 20.6 Å². The summed E-state index contributed by atoms with van der Waals surface area (Å²) >= 11 is 0. The van der Waals surface area contributed by atoms with Gasteiger partial charge in [-0.3, -0.25) is 4.79 Å². The minimum Gasteiger partial charge on any atom is -0.353 e. The fourth-order valence-corrected chi connectivity index (χ4v) is 4.38. The third kappa shape index (κ3) is 3.87. The minimum atomic E-state index is -3.27. The molecular formula is C16H22N2O3S. The van der Waals surface area contributed by atoms with Gasteiger partial charge in [0.15, 0.2) is 0 Å². The highest BCUT2D eigenvalue weighted by atomic mass is 32.2. The number of nitrogens with zero attached hydrogens (tertiary/aromatic N) is 1. The molecule has 0 unspecified atom stereocenters. The molecule has 6 heteroatoms. The lowest BCUT2D eigenvalue weighted by Crippen LogP contribution is -2.47. The molecule has 1 aliphatic carbocycles.